The fourth-order valence-electron chi connectivity index (χ4n) is 5.24. The Kier molecular flexibility index (Phi) is 10.7. The van der Waals surface area contributed by atoms with Crippen molar-refractivity contribution in [3.63, 3.8) is 0 Å². The summed E-state index contributed by atoms with van der Waals surface area (Å²) in [6.07, 6.45) is 3.99. The highest BCUT2D eigenvalue weighted by Crippen LogP contribution is 2.27. The third-order valence-electron chi connectivity index (χ3n) is 7.60. The Hall–Kier alpha value is -3.74. The molecule has 0 radical (unpaired) electrons. The molecule has 0 aliphatic carbocycles. The van der Waals surface area contributed by atoms with Crippen molar-refractivity contribution in [2.24, 2.45) is 11.7 Å². The Morgan fingerprint density at radius 1 is 0.975 bits per heavy atom. The summed E-state index contributed by atoms with van der Waals surface area (Å²) in [7, 11) is 0. The second-order valence-electron chi connectivity index (χ2n) is 10.9. The van der Waals surface area contributed by atoms with Gasteiger partial charge >= 0.3 is 0 Å². The van der Waals surface area contributed by atoms with Crippen LogP contribution in [0.3, 0.4) is 0 Å². The second-order valence-corrected chi connectivity index (χ2v) is 10.9. The molecule has 0 spiro atoms. The van der Waals surface area contributed by atoms with Gasteiger partial charge < -0.3 is 21.3 Å². The molecule has 40 heavy (non-hydrogen) atoms. The van der Waals surface area contributed by atoms with Crippen molar-refractivity contribution in [3.05, 3.63) is 113 Å². The second kappa shape index (κ2) is 14.6. The number of nitrogens with one attached hydrogen (secondary N) is 2. The van der Waals surface area contributed by atoms with E-state index in [9.17, 15) is 9.59 Å². The summed E-state index contributed by atoms with van der Waals surface area (Å²) in [4.78, 5) is 28.3. The first-order valence-electron chi connectivity index (χ1n) is 14.3. The molecule has 1 saturated heterocycles. The van der Waals surface area contributed by atoms with E-state index in [1.54, 1.807) is 6.08 Å². The van der Waals surface area contributed by atoms with E-state index in [1.165, 1.54) is 16.7 Å². The van der Waals surface area contributed by atoms with Crippen LogP contribution in [0.15, 0.2) is 91.0 Å². The van der Waals surface area contributed by atoms with E-state index in [1.807, 2.05) is 59.5 Å². The summed E-state index contributed by atoms with van der Waals surface area (Å²) < 4.78 is 0. The number of amides is 2. The van der Waals surface area contributed by atoms with Crippen LogP contribution in [0.2, 0.25) is 0 Å². The van der Waals surface area contributed by atoms with Gasteiger partial charge in [0.1, 0.15) is 0 Å². The molecule has 0 unspecified atom stereocenters. The Balaban J connectivity index is 1.45. The van der Waals surface area contributed by atoms with Crippen molar-refractivity contribution >= 4 is 17.9 Å². The van der Waals surface area contributed by atoms with Crippen LogP contribution in [0.25, 0.3) is 6.08 Å². The predicted molar refractivity (Wildman–Crippen MR) is 163 cm³/mol. The molecule has 1 fully saturated rings. The van der Waals surface area contributed by atoms with Crippen molar-refractivity contribution in [2.75, 3.05) is 32.7 Å². The Bertz CT molecular complexity index is 1200. The van der Waals surface area contributed by atoms with E-state index in [4.69, 9.17) is 5.73 Å². The van der Waals surface area contributed by atoms with Gasteiger partial charge in [-0.3, -0.25) is 9.59 Å². The van der Waals surface area contributed by atoms with Gasteiger partial charge in [0, 0.05) is 44.1 Å². The normalized spacial score (nSPS) is 17.9. The topological polar surface area (TPSA) is 87.5 Å². The number of rotatable bonds is 11. The molecule has 3 aromatic carbocycles. The summed E-state index contributed by atoms with van der Waals surface area (Å²) in [5.41, 5.74) is 10.5. The number of hydrogen-bond acceptors (Lipinski definition) is 4. The highest BCUT2D eigenvalue weighted by atomic mass is 16.2. The average Bonchev–Trinajstić information content (AvgIpc) is 3.13. The van der Waals surface area contributed by atoms with Gasteiger partial charge in [-0.2, -0.15) is 0 Å². The van der Waals surface area contributed by atoms with Gasteiger partial charge in [0.05, 0.1) is 6.04 Å². The summed E-state index contributed by atoms with van der Waals surface area (Å²) in [5, 5.41) is 6.47. The zero-order valence-corrected chi connectivity index (χ0v) is 23.6. The minimum atomic E-state index is -0.327. The Morgan fingerprint density at radius 3 is 2.17 bits per heavy atom. The lowest BCUT2D eigenvalue weighted by atomic mass is 9.90. The summed E-state index contributed by atoms with van der Waals surface area (Å²) in [6.45, 7) is 6.99. The van der Waals surface area contributed by atoms with Gasteiger partial charge in [0.25, 0.3) is 0 Å². The number of hydrogen-bond donors (Lipinski definition) is 3. The lowest BCUT2D eigenvalue weighted by Crippen LogP contribution is -2.46. The SMILES string of the molecule is CC(C)c1ccc(/C=C/C(=O)NC[C@@H]2CN[C@@H](CCN)C(=O)N(CC(c3ccccc3)c3ccccc3)C2)cc1. The van der Waals surface area contributed by atoms with Crippen LogP contribution in [0.4, 0.5) is 0 Å². The fourth-order valence-corrected chi connectivity index (χ4v) is 5.24. The molecule has 2 atom stereocenters. The van der Waals surface area contributed by atoms with Gasteiger partial charge in [0.2, 0.25) is 11.8 Å². The van der Waals surface area contributed by atoms with Crippen LogP contribution in [0.5, 0.6) is 0 Å². The third kappa shape index (κ3) is 8.13. The minimum Gasteiger partial charge on any atom is -0.352 e. The molecule has 2 amide bonds. The van der Waals surface area contributed by atoms with Gasteiger partial charge in [-0.25, -0.2) is 0 Å². The minimum absolute atomic E-state index is 0.0447. The standard InChI is InChI=1S/C34H42N4O2/c1-25(2)28-16-13-26(14-17-28)15-18-33(39)37-22-27-21-36-32(19-20-35)34(40)38(23-27)24-31(29-9-5-3-6-10-29)30-11-7-4-8-12-30/h3-18,25,27,31-32,36H,19-24,35H2,1-2H3,(H,37,39)/b18-15+/t27-,32-/m0/s1. The molecule has 4 rings (SSSR count). The van der Waals surface area contributed by atoms with E-state index in [0.29, 0.717) is 45.1 Å². The van der Waals surface area contributed by atoms with E-state index in [0.717, 1.165) is 5.56 Å². The molecule has 0 bridgehead atoms. The first-order chi connectivity index (χ1) is 19.4. The van der Waals surface area contributed by atoms with Crippen LogP contribution < -0.4 is 16.4 Å². The van der Waals surface area contributed by atoms with Crippen LogP contribution in [-0.2, 0) is 9.59 Å². The molecule has 1 aliphatic heterocycles. The first kappa shape index (κ1) is 29.2. The quantitative estimate of drug-likeness (QED) is 0.313. The molecule has 3 aromatic rings. The monoisotopic (exact) mass is 538 g/mol. The Labute approximate surface area is 238 Å². The summed E-state index contributed by atoms with van der Waals surface area (Å²) in [6, 6.07) is 28.6. The maximum atomic E-state index is 13.7. The summed E-state index contributed by atoms with van der Waals surface area (Å²) >= 11 is 0. The van der Waals surface area contributed by atoms with Crippen molar-refractivity contribution < 1.29 is 9.59 Å². The molecular weight excluding hydrogens is 496 g/mol. The molecule has 1 aliphatic rings. The van der Waals surface area contributed by atoms with Crippen molar-refractivity contribution in [1.29, 1.82) is 0 Å². The Morgan fingerprint density at radius 2 is 1.60 bits per heavy atom. The van der Waals surface area contributed by atoms with Gasteiger partial charge in [0.15, 0.2) is 0 Å². The van der Waals surface area contributed by atoms with Crippen molar-refractivity contribution in [3.8, 4) is 0 Å². The van der Waals surface area contributed by atoms with E-state index >= 15 is 0 Å². The highest BCUT2D eigenvalue weighted by Gasteiger charge is 2.32. The smallest absolute Gasteiger partial charge is 0.244 e. The number of nitrogens with two attached hydrogens (primary N) is 1. The lowest BCUT2D eigenvalue weighted by Gasteiger charge is -2.30. The average molecular weight is 539 g/mol. The van der Waals surface area contributed by atoms with Crippen LogP contribution in [-0.4, -0.2) is 55.5 Å². The maximum Gasteiger partial charge on any atom is 0.244 e. The first-order valence-corrected chi connectivity index (χ1v) is 14.3. The predicted octanol–water partition coefficient (Wildman–Crippen LogP) is 4.54. The van der Waals surface area contributed by atoms with E-state index in [2.05, 4.69) is 60.9 Å². The zero-order chi connectivity index (χ0) is 28.3. The fraction of sp³-hybridized carbons (Fsp3) is 0.353. The number of benzene rings is 3. The molecule has 4 N–H and O–H groups in total. The van der Waals surface area contributed by atoms with Gasteiger partial charge in [-0.05, 0) is 47.2 Å². The van der Waals surface area contributed by atoms with Gasteiger partial charge in [-0.1, -0.05) is 98.8 Å². The van der Waals surface area contributed by atoms with Crippen molar-refractivity contribution in [2.45, 2.75) is 38.1 Å². The van der Waals surface area contributed by atoms with Crippen LogP contribution >= 0.6 is 0 Å². The number of nitrogens with zero attached hydrogens (tertiary/aromatic N) is 1. The van der Waals surface area contributed by atoms with Gasteiger partial charge in [-0.15, -0.1) is 0 Å². The van der Waals surface area contributed by atoms with Crippen LogP contribution in [0.1, 0.15) is 54.4 Å². The third-order valence-corrected chi connectivity index (χ3v) is 7.60. The molecule has 0 aromatic heterocycles. The molecule has 6 nitrogen and oxygen atoms in total. The van der Waals surface area contributed by atoms with Crippen molar-refractivity contribution in [1.82, 2.24) is 15.5 Å². The summed E-state index contributed by atoms with van der Waals surface area (Å²) in [5.74, 6) is 0.520. The van der Waals surface area contributed by atoms with Crippen LogP contribution in [0, 0.1) is 5.92 Å². The maximum absolute atomic E-state index is 13.7. The largest absolute Gasteiger partial charge is 0.352 e. The number of carbonyl (C=O) groups is 2. The number of carbonyl (C=O) groups excluding carboxylic acids is 2. The van der Waals surface area contributed by atoms with E-state index in [-0.39, 0.29) is 29.7 Å². The molecule has 0 saturated carbocycles. The molecule has 210 valence electrons. The lowest BCUT2D eigenvalue weighted by molar-refractivity contribution is -0.133. The zero-order valence-electron chi connectivity index (χ0n) is 23.6. The molecule has 1 heterocycles. The molecule has 6 heteroatoms. The molecular formula is C34H42N4O2. The highest BCUT2D eigenvalue weighted by molar-refractivity contribution is 5.91. The van der Waals surface area contributed by atoms with E-state index < -0.39 is 0 Å².